The topological polar surface area (TPSA) is 90.1 Å². The normalized spacial score (nSPS) is 11.2. The maximum absolute atomic E-state index is 13.3. The summed E-state index contributed by atoms with van der Waals surface area (Å²) in [6.45, 7) is 1.94. The molecule has 3 aromatic heterocycles. The van der Waals surface area contributed by atoms with Gasteiger partial charge in [-0.2, -0.15) is 5.10 Å². The zero-order valence-electron chi connectivity index (χ0n) is 16.5. The van der Waals surface area contributed by atoms with Gasteiger partial charge in [0.1, 0.15) is 23.1 Å². The molecule has 0 unspecified atom stereocenters. The Morgan fingerprint density at radius 3 is 2.75 bits per heavy atom. The molecule has 32 heavy (non-hydrogen) atoms. The fourth-order valence-corrected chi connectivity index (χ4v) is 3.93. The number of aryl methyl sites for hydroxylation is 1. The van der Waals surface area contributed by atoms with E-state index in [2.05, 4.69) is 15.1 Å². The van der Waals surface area contributed by atoms with E-state index >= 15 is 0 Å². The Kier molecular flexibility index (Phi) is 5.91. The summed E-state index contributed by atoms with van der Waals surface area (Å²) in [6, 6.07) is 8.04. The molecular weight excluding hydrogens is 445 g/mol. The summed E-state index contributed by atoms with van der Waals surface area (Å²) >= 11 is 1.35. The number of carboxylic acid groups (broad SMARTS) is 1. The quantitative estimate of drug-likeness (QED) is 0.415. The van der Waals surface area contributed by atoms with Gasteiger partial charge in [-0.1, -0.05) is 0 Å². The first-order valence-electron chi connectivity index (χ1n) is 9.24. The van der Waals surface area contributed by atoms with Gasteiger partial charge in [-0.05, 0) is 37.3 Å². The van der Waals surface area contributed by atoms with Crippen molar-refractivity contribution in [1.82, 2.24) is 19.7 Å². The largest absolute Gasteiger partial charge is 0.478 e. The number of alkyl halides is 2. The van der Waals surface area contributed by atoms with Crippen molar-refractivity contribution in [1.29, 1.82) is 0 Å². The molecule has 4 aromatic rings. The Labute approximate surface area is 183 Å². The predicted molar refractivity (Wildman–Crippen MR) is 110 cm³/mol. The van der Waals surface area contributed by atoms with Gasteiger partial charge in [0.2, 0.25) is 5.88 Å². The summed E-state index contributed by atoms with van der Waals surface area (Å²) in [4.78, 5) is 20.2. The molecule has 11 heteroatoms. The summed E-state index contributed by atoms with van der Waals surface area (Å²) in [7, 11) is 0. The van der Waals surface area contributed by atoms with Crippen LogP contribution in [0.5, 0.6) is 5.88 Å². The van der Waals surface area contributed by atoms with E-state index in [1.807, 2.05) is 0 Å². The summed E-state index contributed by atoms with van der Waals surface area (Å²) in [6.07, 6.45) is -0.279. The zero-order valence-corrected chi connectivity index (χ0v) is 17.3. The van der Waals surface area contributed by atoms with Crippen LogP contribution in [-0.2, 0) is 6.61 Å². The molecular formula is C21H15F3N4O3S. The first kappa shape index (κ1) is 21.5. The van der Waals surface area contributed by atoms with Crippen molar-refractivity contribution in [3.8, 4) is 22.1 Å². The molecule has 7 nitrogen and oxygen atoms in total. The zero-order chi connectivity index (χ0) is 22.8. The molecule has 1 aromatic carbocycles. The number of nitrogens with zero attached hydrogens (tertiary/aromatic N) is 4. The van der Waals surface area contributed by atoms with Crippen LogP contribution in [0, 0.1) is 12.7 Å². The van der Waals surface area contributed by atoms with Gasteiger partial charge in [0, 0.05) is 17.8 Å². The maximum Gasteiger partial charge on any atom is 0.336 e. The second kappa shape index (κ2) is 8.79. The van der Waals surface area contributed by atoms with E-state index < -0.39 is 29.3 Å². The van der Waals surface area contributed by atoms with Gasteiger partial charge in [0.25, 0.3) is 6.43 Å². The molecule has 0 saturated heterocycles. The van der Waals surface area contributed by atoms with Crippen LogP contribution in [0.15, 0.2) is 48.8 Å². The van der Waals surface area contributed by atoms with E-state index in [1.54, 1.807) is 19.2 Å². The van der Waals surface area contributed by atoms with Gasteiger partial charge in [-0.25, -0.2) is 32.6 Å². The van der Waals surface area contributed by atoms with Crippen LogP contribution in [0.2, 0.25) is 0 Å². The van der Waals surface area contributed by atoms with Crippen LogP contribution in [0.3, 0.4) is 0 Å². The van der Waals surface area contributed by atoms with Crippen molar-refractivity contribution in [2.24, 2.45) is 0 Å². The van der Waals surface area contributed by atoms with Crippen molar-refractivity contribution >= 4 is 17.3 Å². The number of hydrogen-bond donors (Lipinski definition) is 1. The Bertz CT molecular complexity index is 1270. The third kappa shape index (κ3) is 4.47. The minimum Gasteiger partial charge on any atom is -0.478 e. The highest BCUT2D eigenvalue weighted by Gasteiger charge is 2.20. The number of rotatable bonds is 7. The van der Waals surface area contributed by atoms with Gasteiger partial charge in [0.15, 0.2) is 0 Å². The molecule has 0 bridgehead atoms. The van der Waals surface area contributed by atoms with Crippen molar-refractivity contribution in [3.05, 3.63) is 76.4 Å². The summed E-state index contributed by atoms with van der Waals surface area (Å²) < 4.78 is 46.4. The maximum atomic E-state index is 13.3. The van der Waals surface area contributed by atoms with Crippen LogP contribution in [-0.4, -0.2) is 30.8 Å². The van der Waals surface area contributed by atoms with E-state index in [0.717, 1.165) is 23.2 Å². The minimum atomic E-state index is -2.93. The number of carboxylic acids is 1. The van der Waals surface area contributed by atoms with Crippen LogP contribution in [0.25, 0.3) is 16.3 Å². The molecule has 4 rings (SSSR count). The number of thiazole rings is 1. The average molecular weight is 460 g/mol. The van der Waals surface area contributed by atoms with Crippen LogP contribution >= 0.6 is 11.3 Å². The van der Waals surface area contributed by atoms with Gasteiger partial charge in [-0.15, -0.1) is 11.3 Å². The standard InChI is InChI=1S/C21H15F3N4O3S/c1-11-19(32-18(26-11)10-31-17-5-2-12(22)9-25-17)16-6-7-28(27-16)13-3-4-14(21(29)30)15(8-13)20(23)24/h2-9,20H,10H2,1H3,(H,29,30). The van der Waals surface area contributed by atoms with Gasteiger partial charge < -0.3 is 9.84 Å². The predicted octanol–water partition coefficient (Wildman–Crippen LogP) is 5.05. The molecule has 0 atom stereocenters. The van der Waals surface area contributed by atoms with E-state index in [4.69, 9.17) is 9.84 Å². The molecule has 0 amide bonds. The van der Waals surface area contributed by atoms with Crippen molar-refractivity contribution in [3.63, 3.8) is 0 Å². The van der Waals surface area contributed by atoms with Crippen molar-refractivity contribution in [2.45, 2.75) is 20.0 Å². The molecule has 0 saturated carbocycles. The number of aromatic nitrogens is 4. The number of hydrogen-bond acceptors (Lipinski definition) is 6. The molecule has 0 aliphatic rings. The van der Waals surface area contributed by atoms with Crippen molar-refractivity contribution < 1.29 is 27.8 Å². The van der Waals surface area contributed by atoms with E-state index in [0.29, 0.717) is 22.1 Å². The number of carbonyl (C=O) groups is 1. The lowest BCUT2D eigenvalue weighted by molar-refractivity contribution is 0.0684. The number of ether oxygens (including phenoxy) is 1. The van der Waals surface area contributed by atoms with Gasteiger partial charge in [0.05, 0.1) is 28.0 Å². The molecule has 0 fully saturated rings. The SMILES string of the molecule is Cc1nc(COc2ccc(F)cn2)sc1-c1ccn(-c2ccc(C(=O)O)c(C(F)F)c2)n1. The van der Waals surface area contributed by atoms with Gasteiger partial charge >= 0.3 is 5.97 Å². The van der Waals surface area contributed by atoms with E-state index in [9.17, 15) is 18.0 Å². The van der Waals surface area contributed by atoms with Crippen LogP contribution < -0.4 is 4.74 Å². The smallest absolute Gasteiger partial charge is 0.336 e. The highest BCUT2D eigenvalue weighted by atomic mass is 32.1. The van der Waals surface area contributed by atoms with E-state index in [-0.39, 0.29) is 12.5 Å². The Balaban J connectivity index is 1.55. The summed E-state index contributed by atoms with van der Waals surface area (Å²) in [5, 5.41) is 14.2. The highest BCUT2D eigenvalue weighted by molar-refractivity contribution is 7.15. The third-order valence-electron chi connectivity index (χ3n) is 4.47. The molecule has 0 radical (unpaired) electrons. The summed E-state index contributed by atoms with van der Waals surface area (Å²) in [5.74, 6) is -1.61. The molecule has 0 spiro atoms. The fraction of sp³-hybridized carbons (Fsp3) is 0.143. The molecule has 164 valence electrons. The third-order valence-corrected chi connectivity index (χ3v) is 5.63. The lowest BCUT2D eigenvalue weighted by Crippen LogP contribution is -2.05. The van der Waals surface area contributed by atoms with Crippen LogP contribution in [0.4, 0.5) is 13.2 Å². The molecule has 0 aliphatic carbocycles. The Morgan fingerprint density at radius 1 is 1.25 bits per heavy atom. The Hall–Kier alpha value is -3.73. The second-order valence-electron chi connectivity index (χ2n) is 6.65. The molecule has 0 aliphatic heterocycles. The first-order valence-corrected chi connectivity index (χ1v) is 10.1. The monoisotopic (exact) mass is 460 g/mol. The highest BCUT2D eigenvalue weighted by Crippen LogP contribution is 2.31. The van der Waals surface area contributed by atoms with Gasteiger partial charge in [-0.3, -0.25) is 0 Å². The molecule has 3 heterocycles. The lowest BCUT2D eigenvalue weighted by atomic mass is 10.1. The van der Waals surface area contributed by atoms with Crippen LogP contribution in [0.1, 0.15) is 33.0 Å². The number of halogens is 3. The lowest BCUT2D eigenvalue weighted by Gasteiger charge is -2.08. The fourth-order valence-electron chi connectivity index (χ4n) is 2.99. The molecule has 1 N–H and O–H groups in total. The Morgan fingerprint density at radius 2 is 2.06 bits per heavy atom. The second-order valence-corrected chi connectivity index (χ2v) is 7.73. The number of benzene rings is 1. The first-order chi connectivity index (χ1) is 15.3. The number of aromatic carboxylic acids is 1. The minimum absolute atomic E-state index is 0.138. The van der Waals surface area contributed by atoms with Crippen molar-refractivity contribution in [2.75, 3.05) is 0 Å². The number of pyridine rings is 1. The summed E-state index contributed by atoms with van der Waals surface area (Å²) in [5.41, 5.74) is 0.571. The average Bonchev–Trinajstić information content (AvgIpc) is 3.39. The van der Waals surface area contributed by atoms with E-state index in [1.165, 1.54) is 34.2 Å².